The number of carboxylic acids is 1. The van der Waals surface area contributed by atoms with Gasteiger partial charge in [0, 0.05) is 33.2 Å². The van der Waals surface area contributed by atoms with Crippen molar-refractivity contribution in [2.45, 2.75) is 39.2 Å². The van der Waals surface area contributed by atoms with Crippen molar-refractivity contribution in [1.29, 1.82) is 0 Å². The summed E-state index contributed by atoms with van der Waals surface area (Å²) in [4.78, 5) is 26.8. The van der Waals surface area contributed by atoms with Crippen molar-refractivity contribution < 1.29 is 19.4 Å². The Morgan fingerprint density at radius 1 is 1.40 bits per heavy atom. The number of carbonyl (C=O) groups is 2. The smallest absolute Gasteiger partial charge is 0.320 e. The molecule has 1 saturated heterocycles. The van der Waals surface area contributed by atoms with Crippen LogP contribution in [0.4, 0.5) is 4.79 Å². The van der Waals surface area contributed by atoms with Gasteiger partial charge in [-0.05, 0) is 32.6 Å². The molecule has 1 rings (SSSR count). The van der Waals surface area contributed by atoms with Crippen molar-refractivity contribution in [2.24, 2.45) is 5.92 Å². The second kappa shape index (κ2) is 8.09. The molecule has 1 unspecified atom stereocenters. The Labute approximate surface area is 120 Å². The van der Waals surface area contributed by atoms with Crippen molar-refractivity contribution in [3.05, 3.63) is 0 Å². The van der Waals surface area contributed by atoms with Gasteiger partial charge in [-0.15, -0.1) is 0 Å². The summed E-state index contributed by atoms with van der Waals surface area (Å²) in [5.74, 6) is -0.554. The zero-order valence-electron chi connectivity index (χ0n) is 12.7. The predicted molar refractivity (Wildman–Crippen MR) is 75.7 cm³/mol. The Kier molecular flexibility index (Phi) is 6.78. The summed E-state index contributed by atoms with van der Waals surface area (Å²) in [5.41, 5.74) is 0. The van der Waals surface area contributed by atoms with Gasteiger partial charge in [0.1, 0.15) is 0 Å². The lowest BCUT2D eigenvalue weighted by Gasteiger charge is -2.37. The van der Waals surface area contributed by atoms with Gasteiger partial charge in [-0.1, -0.05) is 0 Å². The molecule has 0 radical (unpaired) electrons. The normalized spacial score (nSPS) is 17.9. The number of methoxy groups -OCH3 is 1. The van der Waals surface area contributed by atoms with Gasteiger partial charge in [0.05, 0.1) is 12.6 Å². The van der Waals surface area contributed by atoms with E-state index in [4.69, 9.17) is 9.84 Å². The van der Waals surface area contributed by atoms with E-state index in [2.05, 4.69) is 0 Å². The molecule has 116 valence electrons. The number of carbonyl (C=O) groups excluding carboxylic acids is 1. The molecule has 0 bridgehead atoms. The van der Waals surface area contributed by atoms with E-state index in [-0.39, 0.29) is 24.4 Å². The SMILES string of the molecule is CCN(C(=O)N1CCC(CC(=O)O)CC1)C(C)COC. The molecule has 0 aromatic carbocycles. The average molecular weight is 286 g/mol. The van der Waals surface area contributed by atoms with Crippen molar-refractivity contribution in [2.75, 3.05) is 33.4 Å². The molecule has 0 spiro atoms. The lowest BCUT2D eigenvalue weighted by molar-refractivity contribution is -0.138. The van der Waals surface area contributed by atoms with E-state index in [9.17, 15) is 9.59 Å². The topological polar surface area (TPSA) is 70.1 Å². The van der Waals surface area contributed by atoms with E-state index in [1.807, 2.05) is 18.7 Å². The standard InChI is InChI=1S/C14H26N2O4/c1-4-16(11(2)10-20-3)14(19)15-7-5-12(6-8-15)9-13(17)18/h11-12H,4-10H2,1-3H3,(H,17,18). The summed E-state index contributed by atoms with van der Waals surface area (Å²) in [6.45, 7) is 6.40. The monoisotopic (exact) mass is 286 g/mol. The second-order valence-corrected chi connectivity index (χ2v) is 5.40. The summed E-state index contributed by atoms with van der Waals surface area (Å²) in [6.07, 6.45) is 1.75. The minimum absolute atomic E-state index is 0.0332. The highest BCUT2D eigenvalue weighted by atomic mass is 16.5. The van der Waals surface area contributed by atoms with Crippen LogP contribution in [0.25, 0.3) is 0 Å². The van der Waals surface area contributed by atoms with Gasteiger partial charge in [-0.25, -0.2) is 4.79 Å². The maximum atomic E-state index is 12.5. The number of amides is 2. The molecule has 2 amide bonds. The highest BCUT2D eigenvalue weighted by Crippen LogP contribution is 2.21. The van der Waals surface area contributed by atoms with Crippen molar-refractivity contribution >= 4 is 12.0 Å². The molecule has 0 saturated carbocycles. The number of rotatable bonds is 6. The molecule has 1 fully saturated rings. The Morgan fingerprint density at radius 2 is 2.00 bits per heavy atom. The van der Waals surface area contributed by atoms with E-state index in [1.165, 1.54) is 0 Å². The maximum absolute atomic E-state index is 12.5. The largest absolute Gasteiger partial charge is 0.481 e. The first-order chi connectivity index (χ1) is 9.49. The minimum atomic E-state index is -0.751. The molecule has 1 aliphatic rings. The maximum Gasteiger partial charge on any atom is 0.320 e. The van der Waals surface area contributed by atoms with Crippen LogP contribution >= 0.6 is 0 Å². The number of likely N-dealkylation sites (tertiary alicyclic amines) is 1. The van der Waals surface area contributed by atoms with E-state index in [1.54, 1.807) is 12.0 Å². The predicted octanol–water partition coefficient (Wildman–Crippen LogP) is 1.65. The van der Waals surface area contributed by atoms with Crippen LogP contribution in [0, 0.1) is 5.92 Å². The summed E-state index contributed by atoms with van der Waals surface area (Å²) in [5, 5.41) is 8.80. The van der Waals surface area contributed by atoms with Crippen LogP contribution < -0.4 is 0 Å². The zero-order chi connectivity index (χ0) is 15.1. The fourth-order valence-electron chi connectivity index (χ4n) is 2.72. The van der Waals surface area contributed by atoms with Gasteiger partial charge in [0.2, 0.25) is 0 Å². The molecule has 1 aliphatic heterocycles. The zero-order valence-corrected chi connectivity index (χ0v) is 12.7. The van der Waals surface area contributed by atoms with Crippen molar-refractivity contribution in [1.82, 2.24) is 9.80 Å². The Bertz CT molecular complexity index is 327. The molecule has 1 heterocycles. The van der Waals surface area contributed by atoms with Gasteiger partial charge in [0.15, 0.2) is 0 Å². The van der Waals surface area contributed by atoms with Crippen LogP contribution in [0.3, 0.4) is 0 Å². The van der Waals surface area contributed by atoms with Gasteiger partial charge in [0.25, 0.3) is 0 Å². The summed E-state index contributed by atoms with van der Waals surface area (Å²) < 4.78 is 5.11. The summed E-state index contributed by atoms with van der Waals surface area (Å²) >= 11 is 0. The Balaban J connectivity index is 2.50. The van der Waals surface area contributed by atoms with Gasteiger partial charge in [-0.3, -0.25) is 4.79 Å². The van der Waals surface area contributed by atoms with Crippen molar-refractivity contribution in [3.63, 3.8) is 0 Å². The van der Waals surface area contributed by atoms with Crippen molar-refractivity contribution in [3.8, 4) is 0 Å². The third-order valence-electron chi connectivity index (χ3n) is 3.87. The molecule has 20 heavy (non-hydrogen) atoms. The number of nitrogens with zero attached hydrogens (tertiary/aromatic N) is 2. The molecule has 6 heteroatoms. The van der Waals surface area contributed by atoms with Gasteiger partial charge >= 0.3 is 12.0 Å². The average Bonchev–Trinajstić information content (AvgIpc) is 2.40. The Morgan fingerprint density at radius 3 is 2.45 bits per heavy atom. The number of piperidine rings is 1. The molecule has 0 aliphatic carbocycles. The van der Waals surface area contributed by atoms with Crippen LogP contribution in [0.5, 0.6) is 0 Å². The van der Waals surface area contributed by atoms with Crippen LogP contribution in [-0.2, 0) is 9.53 Å². The van der Waals surface area contributed by atoms with Crippen LogP contribution in [-0.4, -0.2) is 66.3 Å². The Hall–Kier alpha value is -1.30. The first-order valence-electron chi connectivity index (χ1n) is 7.25. The number of urea groups is 1. The molecule has 1 atom stereocenters. The summed E-state index contributed by atoms with van der Waals surface area (Å²) in [6, 6.07) is 0.0834. The fraction of sp³-hybridized carbons (Fsp3) is 0.857. The number of ether oxygens (including phenoxy) is 1. The van der Waals surface area contributed by atoms with Crippen LogP contribution in [0.15, 0.2) is 0 Å². The van der Waals surface area contributed by atoms with E-state index >= 15 is 0 Å². The third kappa shape index (κ3) is 4.67. The lowest BCUT2D eigenvalue weighted by atomic mass is 9.94. The molecular formula is C14H26N2O4. The van der Waals surface area contributed by atoms with Crippen LogP contribution in [0.1, 0.15) is 33.1 Å². The number of carboxylic acid groups (broad SMARTS) is 1. The number of hydrogen-bond acceptors (Lipinski definition) is 3. The first-order valence-corrected chi connectivity index (χ1v) is 7.25. The highest BCUT2D eigenvalue weighted by molar-refractivity contribution is 5.75. The highest BCUT2D eigenvalue weighted by Gasteiger charge is 2.28. The lowest BCUT2D eigenvalue weighted by Crippen LogP contribution is -2.50. The third-order valence-corrected chi connectivity index (χ3v) is 3.87. The number of hydrogen-bond donors (Lipinski definition) is 1. The van der Waals surface area contributed by atoms with E-state index < -0.39 is 5.97 Å². The first kappa shape index (κ1) is 16.8. The van der Waals surface area contributed by atoms with Gasteiger partial charge in [-0.2, -0.15) is 0 Å². The summed E-state index contributed by atoms with van der Waals surface area (Å²) in [7, 11) is 1.63. The molecule has 6 nitrogen and oxygen atoms in total. The minimum Gasteiger partial charge on any atom is -0.481 e. The molecule has 1 N–H and O–H groups in total. The molecular weight excluding hydrogens is 260 g/mol. The number of likely N-dealkylation sites (N-methyl/N-ethyl adjacent to an activating group) is 1. The molecule has 0 aromatic rings. The fourth-order valence-corrected chi connectivity index (χ4v) is 2.72. The second-order valence-electron chi connectivity index (χ2n) is 5.40. The molecule has 0 aromatic heterocycles. The van der Waals surface area contributed by atoms with E-state index in [0.29, 0.717) is 26.2 Å². The van der Waals surface area contributed by atoms with E-state index in [0.717, 1.165) is 12.8 Å². The van der Waals surface area contributed by atoms with Gasteiger partial charge < -0.3 is 19.6 Å². The number of aliphatic carboxylic acids is 1. The van der Waals surface area contributed by atoms with Crippen LogP contribution in [0.2, 0.25) is 0 Å². The quantitative estimate of drug-likeness (QED) is 0.806.